The van der Waals surface area contributed by atoms with Crippen molar-refractivity contribution < 1.29 is 58.2 Å². The van der Waals surface area contributed by atoms with E-state index in [1.165, 1.54) is 70.6 Å². The molecular weight excluding hydrogens is 853 g/mol. The molecule has 1 fully saturated rings. The second-order valence-electron chi connectivity index (χ2n) is 18.1. The molecule has 0 aromatic heterocycles. The maximum absolute atomic E-state index is 13.0. The van der Waals surface area contributed by atoms with Crippen molar-refractivity contribution in [1.29, 1.82) is 0 Å². The third-order valence-electron chi connectivity index (χ3n) is 11.9. The molecule has 67 heavy (non-hydrogen) atoms. The number of carbonyl (C=O) groups excluding carboxylic acids is 3. The fourth-order valence-electron chi connectivity index (χ4n) is 7.83. The average Bonchev–Trinajstić information content (AvgIpc) is 3.31. The van der Waals surface area contributed by atoms with Gasteiger partial charge in [-0.3, -0.25) is 14.4 Å². The van der Waals surface area contributed by atoms with E-state index >= 15 is 0 Å². The fourth-order valence-corrected chi connectivity index (χ4v) is 7.83. The van der Waals surface area contributed by atoms with Crippen LogP contribution in [0.15, 0.2) is 48.6 Å². The minimum atomic E-state index is -1.90. The minimum Gasteiger partial charge on any atom is -0.479 e. The molecule has 0 spiro atoms. The molecule has 1 heterocycles. The molecule has 3 N–H and O–H groups in total. The second kappa shape index (κ2) is 43.9. The van der Waals surface area contributed by atoms with Crippen molar-refractivity contribution >= 4 is 23.9 Å². The van der Waals surface area contributed by atoms with E-state index in [9.17, 15) is 34.5 Å². The number of aliphatic carboxylic acids is 1. The van der Waals surface area contributed by atoms with Crippen molar-refractivity contribution in [3.05, 3.63) is 48.6 Å². The van der Waals surface area contributed by atoms with Gasteiger partial charge in [0.1, 0.15) is 18.8 Å². The predicted octanol–water partition coefficient (Wildman–Crippen LogP) is 12.7. The van der Waals surface area contributed by atoms with E-state index in [0.717, 1.165) is 96.3 Å². The summed E-state index contributed by atoms with van der Waals surface area (Å²) in [6, 6.07) is 0. The molecular formula is C55H94O12. The summed E-state index contributed by atoms with van der Waals surface area (Å²) in [4.78, 5) is 50.7. The van der Waals surface area contributed by atoms with E-state index < -0.39 is 67.3 Å². The number of carboxylic acids is 1. The molecule has 1 aliphatic heterocycles. The van der Waals surface area contributed by atoms with E-state index in [0.29, 0.717) is 19.3 Å². The van der Waals surface area contributed by atoms with Crippen LogP contribution in [-0.2, 0) is 42.9 Å². The van der Waals surface area contributed by atoms with Crippen LogP contribution in [0.3, 0.4) is 0 Å². The van der Waals surface area contributed by atoms with Crippen LogP contribution < -0.4 is 0 Å². The Hall–Kier alpha value is -3.32. The first kappa shape index (κ1) is 61.7. The zero-order valence-electron chi connectivity index (χ0n) is 42.1. The van der Waals surface area contributed by atoms with Gasteiger partial charge in [-0.05, 0) is 57.8 Å². The minimum absolute atomic E-state index is 0.0603. The monoisotopic (exact) mass is 947 g/mol. The molecule has 0 saturated carbocycles. The Bertz CT molecular complexity index is 1360. The van der Waals surface area contributed by atoms with Gasteiger partial charge < -0.3 is 39.0 Å². The highest BCUT2D eigenvalue weighted by Gasteiger charge is 2.50. The third-order valence-corrected chi connectivity index (χ3v) is 11.9. The number of aliphatic hydroxyl groups is 2. The average molecular weight is 947 g/mol. The van der Waals surface area contributed by atoms with E-state index in [-0.39, 0.29) is 25.9 Å². The molecule has 0 bridgehead atoms. The number of carboxylic acid groups (broad SMARTS) is 1. The summed E-state index contributed by atoms with van der Waals surface area (Å²) in [5.41, 5.74) is 0. The molecule has 0 aliphatic carbocycles. The first-order valence-corrected chi connectivity index (χ1v) is 26.6. The van der Waals surface area contributed by atoms with Gasteiger partial charge in [-0.1, -0.05) is 198 Å². The first-order valence-electron chi connectivity index (χ1n) is 26.6. The molecule has 12 heteroatoms. The maximum Gasteiger partial charge on any atom is 0.335 e. The van der Waals surface area contributed by atoms with E-state index in [1.54, 1.807) is 0 Å². The smallest absolute Gasteiger partial charge is 0.335 e. The molecule has 6 atom stereocenters. The summed E-state index contributed by atoms with van der Waals surface area (Å²) in [5.74, 6) is -3.14. The van der Waals surface area contributed by atoms with Crippen LogP contribution in [0.2, 0.25) is 0 Å². The Kier molecular flexibility index (Phi) is 40.4. The first-order chi connectivity index (χ1) is 32.6. The summed E-state index contributed by atoms with van der Waals surface area (Å²) in [6.45, 7) is 5.80. The van der Waals surface area contributed by atoms with Crippen molar-refractivity contribution in [3.8, 4) is 0 Å². The number of allylic oxidation sites excluding steroid dienone is 8. The number of ether oxygens (including phenoxy) is 5. The van der Waals surface area contributed by atoms with E-state index in [1.807, 2.05) is 0 Å². The maximum atomic E-state index is 13.0. The lowest BCUT2D eigenvalue weighted by Gasteiger charge is -2.40. The molecule has 1 rings (SSSR count). The molecule has 12 nitrogen and oxygen atoms in total. The number of unbranched alkanes of at least 4 members (excludes halogenated alkanes) is 22. The van der Waals surface area contributed by atoms with Crippen LogP contribution in [0.1, 0.15) is 226 Å². The number of hydrogen-bond acceptors (Lipinski definition) is 11. The van der Waals surface area contributed by atoms with Gasteiger partial charge >= 0.3 is 23.9 Å². The van der Waals surface area contributed by atoms with Gasteiger partial charge in [-0.2, -0.15) is 0 Å². The molecule has 0 aromatic rings. The van der Waals surface area contributed by atoms with Crippen LogP contribution in [-0.4, -0.2) is 89.2 Å². The van der Waals surface area contributed by atoms with Crippen LogP contribution in [0.4, 0.5) is 0 Å². The molecule has 386 valence electrons. The van der Waals surface area contributed by atoms with Gasteiger partial charge in [0.25, 0.3) is 0 Å². The lowest BCUT2D eigenvalue weighted by Crippen LogP contribution is -2.61. The van der Waals surface area contributed by atoms with Crippen LogP contribution in [0.5, 0.6) is 0 Å². The summed E-state index contributed by atoms with van der Waals surface area (Å²) < 4.78 is 28.2. The second-order valence-corrected chi connectivity index (χ2v) is 18.1. The molecule has 1 aliphatic rings. The molecule has 0 amide bonds. The van der Waals surface area contributed by atoms with Gasteiger partial charge in [-0.15, -0.1) is 0 Å². The van der Waals surface area contributed by atoms with Gasteiger partial charge in [0.2, 0.25) is 0 Å². The number of rotatable bonds is 44. The lowest BCUT2D eigenvalue weighted by molar-refractivity contribution is -0.301. The zero-order valence-corrected chi connectivity index (χ0v) is 42.1. The Morgan fingerprint density at radius 1 is 0.507 bits per heavy atom. The quantitative estimate of drug-likeness (QED) is 0.0228. The highest BCUT2D eigenvalue weighted by molar-refractivity contribution is 5.74. The topological polar surface area (TPSA) is 175 Å². The number of hydrogen-bond donors (Lipinski definition) is 3. The van der Waals surface area contributed by atoms with Crippen LogP contribution in [0, 0.1) is 0 Å². The predicted molar refractivity (Wildman–Crippen MR) is 266 cm³/mol. The third kappa shape index (κ3) is 34.6. The lowest BCUT2D eigenvalue weighted by atomic mass is 9.98. The summed E-state index contributed by atoms with van der Waals surface area (Å²) >= 11 is 0. The Morgan fingerprint density at radius 2 is 0.940 bits per heavy atom. The summed E-state index contributed by atoms with van der Waals surface area (Å²) in [5, 5.41) is 31.3. The molecule has 0 aromatic carbocycles. The van der Waals surface area contributed by atoms with Crippen LogP contribution >= 0.6 is 0 Å². The van der Waals surface area contributed by atoms with Crippen molar-refractivity contribution in [2.45, 2.75) is 263 Å². The van der Waals surface area contributed by atoms with Gasteiger partial charge in [0.15, 0.2) is 24.6 Å². The Morgan fingerprint density at radius 3 is 1.43 bits per heavy atom. The van der Waals surface area contributed by atoms with Crippen molar-refractivity contribution in [2.75, 3.05) is 13.2 Å². The SMILES string of the molecule is CC/C=C\C/C=C\C/C=C\C/C=C\CCCCCCC(=O)OCC(COC1OC(C(=O)O)C(O)C(O)C1OC(=O)CCCCCCCCCCC)OC(=O)CCCCCCCCCCCCC. The summed E-state index contributed by atoms with van der Waals surface area (Å²) in [6.07, 6.45) is 38.3. The molecule has 1 saturated heterocycles. The Balaban J connectivity index is 2.72. The number of esters is 3. The number of aliphatic hydroxyl groups excluding tert-OH is 2. The standard InChI is InChI=1S/C55H94O12/c1-4-7-10-13-16-19-21-22-23-24-25-26-28-30-32-35-38-41-47(56)63-44-46(65-48(57)42-39-36-34-31-27-20-17-14-11-8-5-2)45-64-55-53(51(60)50(59)52(67-55)54(61)62)66-49(58)43-40-37-33-29-18-15-12-9-6-3/h7,10,16,19,22-23,25-26,46,50-53,55,59-60H,4-6,8-9,11-15,17-18,20-21,24,27-45H2,1-3H3,(H,61,62)/b10-7-,19-16-,23-22-,26-25-. The molecule has 6 unspecified atom stereocenters. The van der Waals surface area contributed by atoms with E-state index in [2.05, 4.69) is 69.4 Å². The fraction of sp³-hybridized carbons (Fsp3) is 0.782. The Labute approximate surface area is 405 Å². The molecule has 0 radical (unpaired) electrons. The normalized spacial score (nSPS) is 19.2. The summed E-state index contributed by atoms with van der Waals surface area (Å²) in [7, 11) is 0. The van der Waals surface area contributed by atoms with Crippen molar-refractivity contribution in [2.24, 2.45) is 0 Å². The van der Waals surface area contributed by atoms with Crippen molar-refractivity contribution in [1.82, 2.24) is 0 Å². The van der Waals surface area contributed by atoms with Crippen molar-refractivity contribution in [3.63, 3.8) is 0 Å². The van der Waals surface area contributed by atoms with Gasteiger partial charge in [0, 0.05) is 19.3 Å². The number of carbonyl (C=O) groups is 4. The highest BCUT2D eigenvalue weighted by atomic mass is 16.7. The van der Waals surface area contributed by atoms with E-state index in [4.69, 9.17) is 23.7 Å². The highest BCUT2D eigenvalue weighted by Crippen LogP contribution is 2.26. The zero-order chi connectivity index (χ0) is 49.0. The van der Waals surface area contributed by atoms with Gasteiger partial charge in [0.05, 0.1) is 6.61 Å². The van der Waals surface area contributed by atoms with Crippen LogP contribution in [0.25, 0.3) is 0 Å². The van der Waals surface area contributed by atoms with Gasteiger partial charge in [-0.25, -0.2) is 4.79 Å². The largest absolute Gasteiger partial charge is 0.479 e.